The molecule has 0 saturated heterocycles. The third-order valence-electron chi connectivity index (χ3n) is 7.89. The number of nitrogens with one attached hydrogen (secondary N) is 1. The van der Waals surface area contributed by atoms with Crippen LogP contribution in [0.1, 0.15) is 57.1 Å². The highest BCUT2D eigenvalue weighted by molar-refractivity contribution is 7.90. The Hall–Kier alpha value is -3.82. The topological polar surface area (TPSA) is 134 Å². The van der Waals surface area contributed by atoms with Gasteiger partial charge < -0.3 is 4.74 Å². The summed E-state index contributed by atoms with van der Waals surface area (Å²) in [5.41, 5.74) is -0.185. The van der Waals surface area contributed by atoms with E-state index in [1.54, 1.807) is 17.6 Å². The van der Waals surface area contributed by atoms with Crippen LogP contribution in [0.15, 0.2) is 41.5 Å². The quantitative estimate of drug-likeness (QED) is 0.462. The first kappa shape index (κ1) is 26.8. The van der Waals surface area contributed by atoms with Gasteiger partial charge in [0.05, 0.1) is 22.9 Å². The lowest BCUT2D eigenvalue weighted by molar-refractivity contribution is -0.124. The molecule has 5 rings (SSSR count). The molecule has 2 aromatic carbocycles. The Balaban J connectivity index is 1.44. The van der Waals surface area contributed by atoms with Crippen LogP contribution < -0.4 is 15.0 Å². The first-order chi connectivity index (χ1) is 18.6. The first-order valence-corrected chi connectivity index (χ1v) is 14.2. The summed E-state index contributed by atoms with van der Waals surface area (Å²) in [5.74, 6) is -0.939. The predicted molar refractivity (Wildman–Crippen MR) is 142 cm³/mol. The molecule has 1 heterocycles. The van der Waals surface area contributed by atoms with E-state index in [4.69, 9.17) is 4.74 Å². The molecule has 2 aliphatic carbocycles. The Kier molecular flexibility index (Phi) is 6.90. The van der Waals surface area contributed by atoms with Crippen molar-refractivity contribution in [3.05, 3.63) is 58.4 Å². The second kappa shape index (κ2) is 10.1. The van der Waals surface area contributed by atoms with Crippen LogP contribution in [-0.4, -0.2) is 41.6 Å². The van der Waals surface area contributed by atoms with Crippen molar-refractivity contribution in [2.75, 3.05) is 18.3 Å². The molecule has 1 N–H and O–H groups in total. The van der Waals surface area contributed by atoms with Crippen LogP contribution in [-0.2, 0) is 15.0 Å². The smallest absolute Gasteiger partial charge is 0.301 e. The van der Waals surface area contributed by atoms with Crippen LogP contribution in [0.3, 0.4) is 0 Å². The molecular weight excluding hydrogens is 525 g/mol. The highest BCUT2D eigenvalue weighted by Gasteiger charge is 2.46. The molecule has 39 heavy (non-hydrogen) atoms. The molecule has 1 aromatic heterocycles. The lowest BCUT2D eigenvalue weighted by Crippen LogP contribution is -2.44. The van der Waals surface area contributed by atoms with Crippen LogP contribution in [0.25, 0.3) is 10.9 Å². The third-order valence-corrected chi connectivity index (χ3v) is 9.45. The van der Waals surface area contributed by atoms with Gasteiger partial charge in [0.1, 0.15) is 23.2 Å². The van der Waals surface area contributed by atoms with Gasteiger partial charge in [0.2, 0.25) is 0 Å². The normalized spacial score (nSPS) is 17.3. The average Bonchev–Trinajstić information content (AvgIpc) is 2.90. The Morgan fingerprint density at radius 2 is 1.95 bits per heavy atom. The van der Waals surface area contributed by atoms with Gasteiger partial charge in [0.15, 0.2) is 11.6 Å². The molecule has 0 atom stereocenters. The van der Waals surface area contributed by atoms with Crippen LogP contribution in [0, 0.1) is 22.6 Å². The molecule has 3 aromatic rings. The van der Waals surface area contributed by atoms with Crippen molar-refractivity contribution >= 4 is 32.6 Å². The van der Waals surface area contributed by atoms with E-state index < -0.39 is 21.8 Å². The Labute approximate surface area is 225 Å². The zero-order chi connectivity index (χ0) is 27.9. The van der Waals surface area contributed by atoms with Gasteiger partial charge in [-0.15, -0.1) is 0 Å². The largest absolute Gasteiger partial charge is 0.453 e. The van der Waals surface area contributed by atoms with Gasteiger partial charge in [0.25, 0.3) is 5.56 Å². The molecule has 0 unspecified atom stereocenters. The molecular formula is C27H28FN5O5S. The van der Waals surface area contributed by atoms with Gasteiger partial charge in [-0.2, -0.15) is 18.0 Å². The molecule has 2 saturated carbocycles. The number of benzene rings is 2. The lowest BCUT2D eigenvalue weighted by Gasteiger charge is -2.50. The molecule has 0 aliphatic heterocycles. The number of carbonyl (C=O) groups is 1. The summed E-state index contributed by atoms with van der Waals surface area (Å²) in [6, 6.07) is 8.46. The van der Waals surface area contributed by atoms with E-state index in [0.717, 1.165) is 42.1 Å². The minimum Gasteiger partial charge on any atom is -0.453 e. The van der Waals surface area contributed by atoms with E-state index in [-0.39, 0.29) is 45.9 Å². The maximum absolute atomic E-state index is 14.8. The van der Waals surface area contributed by atoms with Crippen LogP contribution in [0.4, 0.5) is 10.1 Å². The van der Waals surface area contributed by atoms with Gasteiger partial charge in [-0.3, -0.25) is 18.9 Å². The van der Waals surface area contributed by atoms with Gasteiger partial charge >= 0.3 is 10.2 Å². The zero-order valence-electron chi connectivity index (χ0n) is 21.6. The number of anilines is 1. The summed E-state index contributed by atoms with van der Waals surface area (Å²) in [6.07, 6.45) is 6.06. The summed E-state index contributed by atoms with van der Waals surface area (Å²) >= 11 is 0. The third kappa shape index (κ3) is 4.99. The van der Waals surface area contributed by atoms with Gasteiger partial charge in [-0.05, 0) is 61.4 Å². The highest BCUT2D eigenvalue weighted by atomic mass is 32.2. The number of halogens is 1. The van der Waals surface area contributed by atoms with Crippen molar-refractivity contribution in [2.45, 2.75) is 51.5 Å². The van der Waals surface area contributed by atoms with Crippen LogP contribution >= 0.6 is 0 Å². The number of fused-ring (bicyclic) bond motifs is 1. The van der Waals surface area contributed by atoms with E-state index in [1.165, 1.54) is 25.5 Å². The van der Waals surface area contributed by atoms with E-state index in [1.807, 2.05) is 6.07 Å². The number of carbonyl (C=O) groups excluding carboxylic acids is 1. The summed E-state index contributed by atoms with van der Waals surface area (Å²) in [6.45, 7) is 1.83. The molecule has 2 aliphatic rings. The summed E-state index contributed by atoms with van der Waals surface area (Å²) in [7, 11) is -2.61. The molecule has 10 nitrogen and oxygen atoms in total. The maximum atomic E-state index is 14.8. The number of nitrogens with zero attached hydrogens (tertiary/aromatic N) is 4. The number of aromatic nitrogens is 2. The zero-order valence-corrected chi connectivity index (χ0v) is 22.4. The van der Waals surface area contributed by atoms with Gasteiger partial charge in [-0.1, -0.05) is 6.92 Å². The lowest BCUT2D eigenvalue weighted by atomic mass is 9.58. The summed E-state index contributed by atoms with van der Waals surface area (Å²) in [5, 5.41) is 10.0. The number of rotatable bonds is 7. The average molecular weight is 554 g/mol. The van der Waals surface area contributed by atoms with E-state index in [9.17, 15) is 27.7 Å². The first-order valence-electron chi connectivity index (χ1n) is 12.7. The van der Waals surface area contributed by atoms with Crippen molar-refractivity contribution < 1.29 is 22.3 Å². The number of ether oxygens (including phenoxy) is 1. The molecule has 0 radical (unpaired) electrons. The number of nitriles is 1. The highest BCUT2D eigenvalue weighted by Crippen LogP contribution is 2.55. The van der Waals surface area contributed by atoms with Crippen molar-refractivity contribution in [2.24, 2.45) is 5.41 Å². The van der Waals surface area contributed by atoms with E-state index in [2.05, 4.69) is 9.71 Å². The molecule has 204 valence electrons. The number of hydrogen-bond donors (Lipinski definition) is 1. The summed E-state index contributed by atoms with van der Waals surface area (Å²) in [4.78, 5) is 29.4. The van der Waals surface area contributed by atoms with Gasteiger partial charge in [-0.25, -0.2) is 9.37 Å². The minimum absolute atomic E-state index is 0.0132. The second-order valence-corrected chi connectivity index (χ2v) is 12.0. The SMILES string of the molecule is CCN(C)S(=O)(=O)Nc1ccc(F)c(Oc2ccc3ncn(C4CC5(CCC(=O)CC5)C4)c(=O)c3c2)c1C#N. The Morgan fingerprint density at radius 1 is 1.23 bits per heavy atom. The van der Waals surface area contributed by atoms with E-state index in [0.29, 0.717) is 24.1 Å². The number of hydrogen-bond acceptors (Lipinski definition) is 7. The molecule has 2 fully saturated rings. The molecule has 0 bridgehead atoms. The standard InChI is InChI=1S/C27H28FN5O5S/c1-3-32(2)39(36,37)31-24-7-5-22(28)25(21(24)15-29)38-19-4-6-23-20(12-19)26(35)33(16-30-23)17-13-27(14-17)10-8-18(34)9-11-27/h4-7,12,16-17,31H,3,8-11,13-14H2,1-2H3. The number of Topliss-reactive ketones (excluding diaryl/α,β-unsaturated/α-hetero) is 1. The Bertz CT molecular complexity index is 1660. The van der Waals surface area contributed by atoms with Gasteiger partial charge in [0, 0.05) is 32.5 Å². The predicted octanol–water partition coefficient (Wildman–Crippen LogP) is 4.27. The van der Waals surface area contributed by atoms with Crippen molar-refractivity contribution in [1.82, 2.24) is 13.9 Å². The summed E-state index contributed by atoms with van der Waals surface area (Å²) < 4.78 is 50.4. The maximum Gasteiger partial charge on any atom is 0.301 e. The fraction of sp³-hybridized carbons (Fsp3) is 0.407. The monoisotopic (exact) mass is 553 g/mol. The fourth-order valence-corrected chi connectivity index (χ4v) is 6.34. The molecule has 12 heteroatoms. The van der Waals surface area contributed by atoms with Crippen LogP contribution in [0.2, 0.25) is 0 Å². The fourth-order valence-electron chi connectivity index (χ4n) is 5.40. The molecule has 1 spiro atoms. The number of ketones is 1. The minimum atomic E-state index is -3.97. The van der Waals surface area contributed by atoms with E-state index >= 15 is 0 Å². The van der Waals surface area contributed by atoms with Crippen molar-refractivity contribution in [3.8, 4) is 17.6 Å². The second-order valence-electron chi connectivity index (χ2n) is 10.3. The van der Waals surface area contributed by atoms with Crippen molar-refractivity contribution in [3.63, 3.8) is 0 Å². The van der Waals surface area contributed by atoms with Crippen molar-refractivity contribution in [1.29, 1.82) is 5.26 Å². The Morgan fingerprint density at radius 3 is 2.62 bits per heavy atom. The molecule has 0 amide bonds. The van der Waals surface area contributed by atoms with Crippen LogP contribution in [0.5, 0.6) is 11.5 Å².